The molecule has 0 fully saturated rings. The highest BCUT2D eigenvalue weighted by Crippen LogP contribution is 2.12. The number of rotatable bonds is 1. The molecule has 0 saturated heterocycles. The summed E-state index contributed by atoms with van der Waals surface area (Å²) in [6, 6.07) is 2.55. The number of nitrogens with zero attached hydrogens (tertiary/aromatic N) is 2. The van der Waals surface area contributed by atoms with Gasteiger partial charge in [-0.3, -0.25) is 10.1 Å². The van der Waals surface area contributed by atoms with Gasteiger partial charge in [0.25, 0.3) is 5.69 Å². The van der Waals surface area contributed by atoms with Gasteiger partial charge in [-0.05, 0) is 0 Å². The fourth-order valence-electron chi connectivity index (χ4n) is 0.513. The van der Waals surface area contributed by atoms with Crippen LogP contribution in [0.5, 0.6) is 0 Å². The molecule has 0 aliphatic heterocycles. The smallest absolute Gasteiger partial charge is 0.258 e. The average molecular weight is 155 g/mol. The average Bonchev–Trinajstić information content (AvgIpc) is 1.88. The number of aromatic nitrogens is 1. The summed E-state index contributed by atoms with van der Waals surface area (Å²) in [5, 5.41) is 10.3. The van der Waals surface area contributed by atoms with Gasteiger partial charge in [-0.25, -0.2) is 4.98 Å². The minimum atomic E-state index is -0.502. The van der Waals surface area contributed by atoms with Crippen molar-refractivity contribution in [3.63, 3.8) is 0 Å². The van der Waals surface area contributed by atoms with Crippen LogP contribution in [0.4, 0.5) is 5.69 Å². The van der Waals surface area contributed by atoms with E-state index in [9.17, 15) is 10.1 Å². The molecule has 0 N–H and O–H groups in total. The lowest BCUT2D eigenvalue weighted by atomic mass is 10.4. The van der Waals surface area contributed by atoms with Crippen LogP contribution in [0, 0.1) is 10.1 Å². The van der Waals surface area contributed by atoms with E-state index in [1.54, 1.807) is 0 Å². The highest BCUT2D eigenvalue weighted by molar-refractivity contribution is 7.80. The summed E-state index contributed by atoms with van der Waals surface area (Å²) >= 11 is 4.60. The van der Waals surface area contributed by atoms with Crippen LogP contribution in [0.25, 0.3) is 0 Å². The van der Waals surface area contributed by atoms with Crippen molar-refractivity contribution in [2.75, 3.05) is 0 Å². The van der Waals surface area contributed by atoms with Crippen molar-refractivity contribution in [1.29, 1.82) is 0 Å². The van der Waals surface area contributed by atoms with E-state index in [2.05, 4.69) is 17.6 Å². The minimum Gasteiger partial charge on any atom is -0.258 e. The van der Waals surface area contributed by atoms with Crippen molar-refractivity contribution in [3.05, 3.63) is 28.4 Å². The summed E-state index contributed by atoms with van der Waals surface area (Å²) < 4.78 is 0. The molecule has 0 aliphatic carbocycles. The summed E-state index contributed by atoms with van der Waals surface area (Å²) in [6.45, 7) is 0. The molecule has 51 valence electrons. The van der Waals surface area contributed by atoms with E-state index >= 15 is 0 Å². The van der Waals surface area contributed by atoms with Crippen molar-refractivity contribution in [3.8, 4) is 0 Å². The minimum absolute atomic E-state index is 0.0139. The SMILES string of the molecule is O=[N+]([O-])c1ccnc([S])c1. The molecule has 1 heterocycles. The Hall–Kier alpha value is -1.23. The highest BCUT2D eigenvalue weighted by atomic mass is 32.1. The second kappa shape index (κ2) is 2.57. The fraction of sp³-hybridized carbons (Fsp3) is 0. The monoisotopic (exact) mass is 155 g/mol. The van der Waals surface area contributed by atoms with E-state index in [-0.39, 0.29) is 10.7 Å². The molecule has 1 radical (unpaired) electrons. The summed E-state index contributed by atoms with van der Waals surface area (Å²) in [7, 11) is 0. The van der Waals surface area contributed by atoms with Crippen molar-refractivity contribution in [1.82, 2.24) is 4.98 Å². The first-order chi connectivity index (χ1) is 4.70. The summed E-state index contributed by atoms with van der Waals surface area (Å²) in [4.78, 5) is 13.2. The quantitative estimate of drug-likeness (QED) is 0.456. The first kappa shape index (κ1) is 6.88. The topological polar surface area (TPSA) is 56.0 Å². The van der Waals surface area contributed by atoms with Crippen LogP contribution in [0.1, 0.15) is 0 Å². The Kier molecular flexibility index (Phi) is 1.77. The number of hydrogen-bond donors (Lipinski definition) is 0. The molecule has 0 atom stereocenters. The molecule has 0 spiro atoms. The maximum Gasteiger partial charge on any atom is 0.273 e. The van der Waals surface area contributed by atoms with Gasteiger partial charge in [0.05, 0.1) is 11.0 Å². The zero-order valence-electron chi connectivity index (χ0n) is 4.85. The van der Waals surface area contributed by atoms with Crippen LogP contribution in [-0.4, -0.2) is 9.91 Å². The van der Waals surface area contributed by atoms with Gasteiger partial charge in [-0.15, -0.1) is 0 Å². The first-order valence-corrected chi connectivity index (χ1v) is 2.88. The molecule has 0 bridgehead atoms. The number of hydrogen-bond acceptors (Lipinski definition) is 3. The van der Waals surface area contributed by atoms with E-state index in [1.807, 2.05) is 0 Å². The van der Waals surface area contributed by atoms with E-state index in [4.69, 9.17) is 0 Å². The van der Waals surface area contributed by atoms with Crippen LogP contribution >= 0.6 is 12.6 Å². The van der Waals surface area contributed by atoms with Gasteiger partial charge in [0.1, 0.15) is 5.03 Å². The summed E-state index contributed by atoms with van der Waals surface area (Å²) in [5.74, 6) is 0. The van der Waals surface area contributed by atoms with Crippen LogP contribution < -0.4 is 0 Å². The molecule has 0 saturated carbocycles. The molecular formula is C5H3N2O2S. The lowest BCUT2D eigenvalue weighted by molar-refractivity contribution is -0.385. The van der Waals surface area contributed by atoms with Gasteiger partial charge >= 0.3 is 0 Å². The Morgan fingerprint density at radius 2 is 2.40 bits per heavy atom. The van der Waals surface area contributed by atoms with Crippen LogP contribution in [0.2, 0.25) is 0 Å². The molecule has 0 aromatic carbocycles. The Balaban J connectivity index is 3.07. The lowest BCUT2D eigenvalue weighted by Crippen LogP contribution is -1.87. The van der Waals surface area contributed by atoms with E-state index in [0.29, 0.717) is 0 Å². The van der Waals surface area contributed by atoms with E-state index in [0.717, 1.165) is 0 Å². The molecule has 1 aromatic rings. The Morgan fingerprint density at radius 3 is 2.80 bits per heavy atom. The molecule has 0 amide bonds. The maximum atomic E-state index is 10.1. The molecule has 5 heteroatoms. The molecular weight excluding hydrogens is 152 g/mol. The molecule has 1 rings (SSSR count). The molecule has 10 heavy (non-hydrogen) atoms. The van der Waals surface area contributed by atoms with Crippen LogP contribution in [0.15, 0.2) is 23.4 Å². The van der Waals surface area contributed by atoms with Gasteiger partial charge in [-0.2, -0.15) is 0 Å². The van der Waals surface area contributed by atoms with Crippen molar-refractivity contribution >= 4 is 18.3 Å². The zero-order valence-corrected chi connectivity index (χ0v) is 5.67. The standard InChI is InChI=1S/C5H3N2O2S/c8-7(9)4-1-2-6-5(10)3-4/h1-3H. The largest absolute Gasteiger partial charge is 0.273 e. The van der Waals surface area contributed by atoms with Crippen LogP contribution in [0.3, 0.4) is 0 Å². The molecule has 0 aliphatic rings. The first-order valence-electron chi connectivity index (χ1n) is 2.47. The number of nitro groups is 1. The van der Waals surface area contributed by atoms with Crippen molar-refractivity contribution in [2.45, 2.75) is 5.03 Å². The van der Waals surface area contributed by atoms with Gasteiger partial charge < -0.3 is 0 Å². The lowest BCUT2D eigenvalue weighted by Gasteiger charge is -1.88. The third-order valence-corrected chi connectivity index (χ3v) is 1.15. The van der Waals surface area contributed by atoms with Crippen molar-refractivity contribution < 1.29 is 4.92 Å². The van der Waals surface area contributed by atoms with E-state index < -0.39 is 4.92 Å². The predicted molar refractivity (Wildman–Crippen MR) is 36.7 cm³/mol. The Bertz CT molecular complexity index is 264. The third kappa shape index (κ3) is 1.38. The van der Waals surface area contributed by atoms with Gasteiger partial charge in [0.2, 0.25) is 0 Å². The van der Waals surface area contributed by atoms with Gasteiger partial charge in [0, 0.05) is 12.3 Å². The Labute approximate surface area is 62.5 Å². The number of pyridine rings is 1. The molecule has 4 nitrogen and oxygen atoms in total. The third-order valence-electron chi connectivity index (χ3n) is 0.929. The van der Waals surface area contributed by atoms with E-state index in [1.165, 1.54) is 18.3 Å². The van der Waals surface area contributed by atoms with Crippen molar-refractivity contribution in [2.24, 2.45) is 0 Å². The fourth-order valence-corrected chi connectivity index (χ4v) is 0.694. The predicted octanol–water partition coefficient (Wildman–Crippen LogP) is 1.55. The summed E-state index contributed by atoms with van der Waals surface area (Å²) in [5.41, 5.74) is -0.0139. The van der Waals surface area contributed by atoms with Crippen LogP contribution in [-0.2, 0) is 0 Å². The second-order valence-corrected chi connectivity index (χ2v) is 2.03. The highest BCUT2D eigenvalue weighted by Gasteiger charge is 2.03. The Morgan fingerprint density at radius 1 is 1.70 bits per heavy atom. The second-order valence-electron chi connectivity index (χ2n) is 1.61. The normalized spacial score (nSPS) is 9.20. The zero-order chi connectivity index (χ0) is 7.56. The maximum absolute atomic E-state index is 10.1. The van der Waals surface area contributed by atoms with Gasteiger partial charge in [-0.1, -0.05) is 12.6 Å². The molecule has 0 unspecified atom stereocenters. The summed E-state index contributed by atoms with van der Waals surface area (Å²) in [6.07, 6.45) is 1.32. The molecule has 1 aromatic heterocycles. The van der Waals surface area contributed by atoms with Gasteiger partial charge in [0.15, 0.2) is 0 Å².